The number of nitrogens with zero attached hydrogens (tertiary/aromatic N) is 1. The molecule has 0 aromatic heterocycles. The molecule has 0 radical (unpaired) electrons. The Hall–Kier alpha value is -3.03. The second-order valence-corrected chi connectivity index (χ2v) is 5.53. The second-order valence-electron chi connectivity index (χ2n) is 5.53. The van der Waals surface area contributed by atoms with Gasteiger partial charge in [-0.05, 0) is 37.6 Å². The van der Waals surface area contributed by atoms with Gasteiger partial charge < -0.3 is 19.5 Å². The molecule has 1 saturated heterocycles. The summed E-state index contributed by atoms with van der Waals surface area (Å²) in [5.41, 5.74) is 0.699. The van der Waals surface area contributed by atoms with Crippen LogP contribution in [0.1, 0.15) is 19.4 Å². The lowest BCUT2D eigenvalue weighted by Gasteiger charge is -2.13. The summed E-state index contributed by atoms with van der Waals surface area (Å²) in [5, 5.41) is 2.43. The summed E-state index contributed by atoms with van der Waals surface area (Å²) in [6, 6.07) is 4.47. The molecular formula is C17H20N2O6. The van der Waals surface area contributed by atoms with Crippen LogP contribution in [0.5, 0.6) is 11.5 Å². The molecule has 0 unspecified atom stereocenters. The minimum atomic E-state index is -0.679. The number of carbonyl (C=O) groups excluding carboxylic acids is 3. The van der Waals surface area contributed by atoms with Crippen molar-refractivity contribution in [2.45, 2.75) is 20.0 Å². The highest BCUT2D eigenvalue weighted by Crippen LogP contribution is 2.30. The first-order valence-corrected chi connectivity index (χ1v) is 7.61. The quantitative estimate of drug-likeness (QED) is 0.476. The zero-order valence-corrected chi connectivity index (χ0v) is 14.5. The van der Waals surface area contributed by atoms with E-state index in [9.17, 15) is 14.4 Å². The second kappa shape index (κ2) is 7.69. The van der Waals surface area contributed by atoms with Gasteiger partial charge in [-0.15, -0.1) is 0 Å². The summed E-state index contributed by atoms with van der Waals surface area (Å²) in [5.74, 6) is -0.196. The van der Waals surface area contributed by atoms with Gasteiger partial charge in [-0.25, -0.2) is 9.69 Å². The highest BCUT2D eigenvalue weighted by Gasteiger charge is 2.35. The van der Waals surface area contributed by atoms with Gasteiger partial charge in [-0.2, -0.15) is 0 Å². The molecule has 3 amide bonds. The SMILES string of the molecule is COC(=O)CN1C(=O)NC(=Cc2ccc(OC(C)C)c(OC)c2)C1=O. The average Bonchev–Trinajstić information content (AvgIpc) is 2.83. The first-order valence-electron chi connectivity index (χ1n) is 7.61. The van der Waals surface area contributed by atoms with Crippen LogP contribution in [0.15, 0.2) is 23.9 Å². The monoisotopic (exact) mass is 348 g/mol. The topological polar surface area (TPSA) is 94.2 Å². The number of urea groups is 1. The fourth-order valence-electron chi connectivity index (χ4n) is 2.20. The van der Waals surface area contributed by atoms with Crippen LogP contribution in [0.3, 0.4) is 0 Å². The summed E-state index contributed by atoms with van der Waals surface area (Å²) in [7, 11) is 2.70. The van der Waals surface area contributed by atoms with E-state index in [2.05, 4.69) is 10.1 Å². The number of imide groups is 1. The van der Waals surface area contributed by atoms with Crippen molar-refractivity contribution in [1.82, 2.24) is 10.2 Å². The molecule has 1 fully saturated rings. The molecular weight excluding hydrogens is 328 g/mol. The number of ether oxygens (including phenoxy) is 3. The number of carbonyl (C=O) groups is 3. The smallest absolute Gasteiger partial charge is 0.329 e. The predicted octanol–water partition coefficient (Wildman–Crippen LogP) is 1.55. The number of methoxy groups -OCH3 is 2. The third-order valence-corrected chi connectivity index (χ3v) is 3.34. The molecule has 1 aromatic rings. The normalized spacial score (nSPS) is 15.6. The van der Waals surface area contributed by atoms with Crippen LogP contribution in [0.4, 0.5) is 4.79 Å². The Labute approximate surface area is 145 Å². The van der Waals surface area contributed by atoms with E-state index in [1.807, 2.05) is 13.8 Å². The van der Waals surface area contributed by atoms with Crippen LogP contribution < -0.4 is 14.8 Å². The number of benzene rings is 1. The molecule has 0 atom stereocenters. The van der Waals surface area contributed by atoms with Gasteiger partial charge in [0, 0.05) is 0 Å². The Morgan fingerprint density at radius 2 is 1.96 bits per heavy atom. The highest BCUT2D eigenvalue weighted by atomic mass is 16.5. The summed E-state index contributed by atoms with van der Waals surface area (Å²) < 4.78 is 15.4. The van der Waals surface area contributed by atoms with Crippen molar-refractivity contribution >= 4 is 24.0 Å². The van der Waals surface area contributed by atoms with Crippen molar-refractivity contribution in [1.29, 1.82) is 0 Å². The molecule has 1 aliphatic rings. The Bertz CT molecular complexity index is 726. The number of amides is 3. The number of esters is 1. The van der Waals surface area contributed by atoms with E-state index in [-0.39, 0.29) is 11.8 Å². The van der Waals surface area contributed by atoms with Crippen LogP contribution in [-0.4, -0.2) is 49.7 Å². The fraction of sp³-hybridized carbons (Fsp3) is 0.353. The Morgan fingerprint density at radius 3 is 2.56 bits per heavy atom. The van der Waals surface area contributed by atoms with Crippen LogP contribution in [0.25, 0.3) is 6.08 Å². The zero-order valence-electron chi connectivity index (χ0n) is 14.5. The van der Waals surface area contributed by atoms with Crippen LogP contribution in [0.2, 0.25) is 0 Å². The van der Waals surface area contributed by atoms with Gasteiger partial charge in [-0.3, -0.25) is 9.59 Å². The number of hydrogen-bond acceptors (Lipinski definition) is 6. The molecule has 0 spiro atoms. The van der Waals surface area contributed by atoms with Crippen LogP contribution >= 0.6 is 0 Å². The first-order chi connectivity index (χ1) is 11.8. The van der Waals surface area contributed by atoms with E-state index in [0.29, 0.717) is 17.1 Å². The Morgan fingerprint density at radius 1 is 1.24 bits per heavy atom. The maximum Gasteiger partial charge on any atom is 0.329 e. The molecule has 1 aliphatic heterocycles. The van der Waals surface area contributed by atoms with Crippen molar-refractivity contribution < 1.29 is 28.6 Å². The Balaban J connectivity index is 2.24. The molecule has 1 aromatic carbocycles. The van der Waals surface area contributed by atoms with Gasteiger partial charge in [0.15, 0.2) is 11.5 Å². The van der Waals surface area contributed by atoms with Crippen molar-refractivity contribution in [3.63, 3.8) is 0 Å². The number of hydrogen-bond donors (Lipinski definition) is 1. The number of nitrogens with one attached hydrogen (secondary N) is 1. The van der Waals surface area contributed by atoms with Gasteiger partial charge >= 0.3 is 12.0 Å². The zero-order chi connectivity index (χ0) is 18.6. The summed E-state index contributed by atoms with van der Waals surface area (Å²) >= 11 is 0. The molecule has 1 N–H and O–H groups in total. The van der Waals surface area contributed by atoms with E-state index in [0.717, 1.165) is 4.90 Å². The summed E-state index contributed by atoms with van der Waals surface area (Å²) in [6.07, 6.45) is 1.49. The van der Waals surface area contributed by atoms with E-state index in [1.165, 1.54) is 20.3 Å². The minimum Gasteiger partial charge on any atom is -0.493 e. The average molecular weight is 348 g/mol. The van der Waals surface area contributed by atoms with Crippen molar-refractivity contribution in [3.05, 3.63) is 29.5 Å². The van der Waals surface area contributed by atoms with Crippen molar-refractivity contribution in [2.75, 3.05) is 20.8 Å². The third-order valence-electron chi connectivity index (χ3n) is 3.34. The molecule has 8 heteroatoms. The first kappa shape index (κ1) is 18.3. The number of rotatable bonds is 6. The van der Waals surface area contributed by atoms with Crippen molar-refractivity contribution in [2.24, 2.45) is 0 Å². The van der Waals surface area contributed by atoms with E-state index < -0.39 is 24.5 Å². The minimum absolute atomic E-state index is 0.0133. The third kappa shape index (κ3) is 4.28. The van der Waals surface area contributed by atoms with Gasteiger partial charge in [0.1, 0.15) is 12.2 Å². The standard InChI is InChI=1S/C17H20N2O6/c1-10(2)25-13-6-5-11(8-14(13)23-3)7-12-16(21)19(17(22)18-12)9-15(20)24-4/h5-8,10H,9H2,1-4H3,(H,18,22). The lowest BCUT2D eigenvalue weighted by atomic mass is 10.1. The molecule has 8 nitrogen and oxygen atoms in total. The Kier molecular flexibility index (Phi) is 5.63. The highest BCUT2D eigenvalue weighted by molar-refractivity contribution is 6.15. The lowest BCUT2D eigenvalue weighted by molar-refractivity contribution is -0.143. The summed E-state index contributed by atoms with van der Waals surface area (Å²) in [4.78, 5) is 36.2. The molecule has 0 aliphatic carbocycles. The van der Waals surface area contributed by atoms with Gasteiger partial charge in [0.05, 0.1) is 20.3 Å². The molecule has 0 saturated carbocycles. The van der Waals surface area contributed by atoms with Crippen LogP contribution in [0, 0.1) is 0 Å². The van der Waals surface area contributed by atoms with E-state index >= 15 is 0 Å². The molecule has 1 heterocycles. The van der Waals surface area contributed by atoms with Crippen molar-refractivity contribution in [3.8, 4) is 11.5 Å². The van der Waals surface area contributed by atoms with Gasteiger partial charge in [-0.1, -0.05) is 6.07 Å². The maximum absolute atomic E-state index is 12.2. The van der Waals surface area contributed by atoms with Gasteiger partial charge in [0.2, 0.25) is 0 Å². The molecule has 25 heavy (non-hydrogen) atoms. The van der Waals surface area contributed by atoms with E-state index in [4.69, 9.17) is 9.47 Å². The van der Waals surface area contributed by atoms with E-state index in [1.54, 1.807) is 18.2 Å². The molecule has 2 rings (SSSR count). The van der Waals surface area contributed by atoms with Gasteiger partial charge in [0.25, 0.3) is 5.91 Å². The maximum atomic E-state index is 12.2. The molecule has 0 bridgehead atoms. The van der Waals surface area contributed by atoms with Crippen LogP contribution in [-0.2, 0) is 14.3 Å². The molecule has 134 valence electrons. The lowest BCUT2D eigenvalue weighted by Crippen LogP contribution is -2.36. The fourth-order valence-corrected chi connectivity index (χ4v) is 2.20. The largest absolute Gasteiger partial charge is 0.493 e. The summed E-state index contributed by atoms with van der Waals surface area (Å²) in [6.45, 7) is 3.36. The predicted molar refractivity (Wildman–Crippen MR) is 89.0 cm³/mol.